The second-order valence-corrected chi connectivity index (χ2v) is 8.39. The molecule has 2 aliphatic rings. The first kappa shape index (κ1) is 22.5. The molecule has 5 rings (SSSR count). The lowest BCUT2D eigenvalue weighted by molar-refractivity contribution is -0.144. The van der Waals surface area contributed by atoms with Crippen LogP contribution < -0.4 is 5.32 Å². The third-order valence-electron chi connectivity index (χ3n) is 6.42. The first-order valence-corrected chi connectivity index (χ1v) is 11.1. The van der Waals surface area contributed by atoms with Gasteiger partial charge in [0, 0.05) is 26.1 Å². The first-order valence-electron chi connectivity index (χ1n) is 11.1. The highest BCUT2D eigenvalue weighted by molar-refractivity contribution is 5.92. The Morgan fingerprint density at radius 2 is 1.74 bits per heavy atom. The van der Waals surface area contributed by atoms with Crippen molar-refractivity contribution in [2.24, 2.45) is 5.92 Å². The molecule has 11 heteroatoms. The summed E-state index contributed by atoms with van der Waals surface area (Å²) in [7, 11) is 1.40. The van der Waals surface area contributed by atoms with Crippen LogP contribution in [-0.2, 0) is 14.3 Å². The molecule has 1 aliphatic heterocycles. The maximum Gasteiger partial charge on any atom is 0.414 e. The predicted molar refractivity (Wildman–Crippen MR) is 123 cm³/mol. The number of fused-ring (bicyclic) bond motifs is 3. The summed E-state index contributed by atoms with van der Waals surface area (Å²) in [5, 5.41) is 18.1. The van der Waals surface area contributed by atoms with Crippen molar-refractivity contribution in [2.75, 3.05) is 32.1 Å². The third kappa shape index (κ3) is 4.21. The number of carboxylic acid groups (broad SMARTS) is 1. The first-order chi connectivity index (χ1) is 17.0. The summed E-state index contributed by atoms with van der Waals surface area (Å²) in [6, 6.07) is 16.0. The van der Waals surface area contributed by atoms with Crippen LogP contribution in [0.25, 0.3) is 11.1 Å². The molecule has 180 valence electrons. The average molecular weight is 477 g/mol. The molecule has 2 amide bonds. The second kappa shape index (κ2) is 9.18. The molecule has 0 spiro atoms. The van der Waals surface area contributed by atoms with Gasteiger partial charge in [-0.3, -0.25) is 20.0 Å². The van der Waals surface area contributed by atoms with Crippen LogP contribution in [0, 0.1) is 5.92 Å². The Kier molecular flexibility index (Phi) is 5.91. The van der Waals surface area contributed by atoms with Gasteiger partial charge in [-0.25, -0.2) is 4.79 Å². The van der Waals surface area contributed by atoms with E-state index in [1.165, 1.54) is 12.0 Å². The van der Waals surface area contributed by atoms with E-state index in [0.29, 0.717) is 0 Å². The Morgan fingerprint density at radius 3 is 2.34 bits per heavy atom. The third-order valence-corrected chi connectivity index (χ3v) is 6.42. The summed E-state index contributed by atoms with van der Waals surface area (Å²) >= 11 is 0. The van der Waals surface area contributed by atoms with E-state index in [9.17, 15) is 19.5 Å². The van der Waals surface area contributed by atoms with Crippen molar-refractivity contribution in [1.29, 1.82) is 0 Å². The lowest BCUT2D eigenvalue weighted by Gasteiger charge is -2.14. The van der Waals surface area contributed by atoms with Crippen LogP contribution in [-0.4, -0.2) is 76.1 Å². The van der Waals surface area contributed by atoms with Gasteiger partial charge in [0.1, 0.15) is 12.5 Å². The molecule has 3 aromatic rings. The summed E-state index contributed by atoms with van der Waals surface area (Å²) in [5.74, 6) is -2.75. The van der Waals surface area contributed by atoms with E-state index in [1.54, 1.807) is 0 Å². The number of likely N-dealkylation sites (tertiary alicyclic amines) is 1. The van der Waals surface area contributed by atoms with Gasteiger partial charge in [0.25, 0.3) is 11.9 Å². The number of ether oxygens (including phenoxy) is 2. The standard InChI is InChI=1S/C24H23N5O6/c1-34-19-11-29(10-17(19)22(31)32)21(30)20-25-23(28-27-20)26-24(33)35-12-18-15-8-4-2-6-13(15)14-7-3-5-9-16(14)18/h2-9,17-19H,10-12H2,1H3,(H,31,32)(H2,25,26,27,28,33). The maximum absolute atomic E-state index is 12.7. The number of benzene rings is 2. The van der Waals surface area contributed by atoms with Crippen molar-refractivity contribution in [3.8, 4) is 11.1 Å². The second-order valence-electron chi connectivity index (χ2n) is 8.39. The van der Waals surface area contributed by atoms with Crippen molar-refractivity contribution in [1.82, 2.24) is 20.1 Å². The molecule has 3 N–H and O–H groups in total. The molecular formula is C24H23N5O6. The molecule has 1 aromatic heterocycles. The maximum atomic E-state index is 12.7. The van der Waals surface area contributed by atoms with Gasteiger partial charge in [-0.1, -0.05) is 48.5 Å². The van der Waals surface area contributed by atoms with Crippen LogP contribution >= 0.6 is 0 Å². The number of hydrogen-bond acceptors (Lipinski definition) is 7. The number of carbonyl (C=O) groups is 3. The van der Waals surface area contributed by atoms with Crippen LogP contribution in [0.15, 0.2) is 48.5 Å². The summed E-state index contributed by atoms with van der Waals surface area (Å²) in [5.41, 5.74) is 4.42. The van der Waals surface area contributed by atoms with E-state index in [0.717, 1.165) is 22.3 Å². The minimum atomic E-state index is -1.04. The van der Waals surface area contributed by atoms with Crippen molar-refractivity contribution >= 4 is 23.9 Å². The Labute approximate surface area is 200 Å². The van der Waals surface area contributed by atoms with E-state index >= 15 is 0 Å². The van der Waals surface area contributed by atoms with Gasteiger partial charge in [0.2, 0.25) is 5.82 Å². The van der Waals surface area contributed by atoms with E-state index in [2.05, 4.69) is 20.5 Å². The highest BCUT2D eigenvalue weighted by Gasteiger charge is 2.41. The van der Waals surface area contributed by atoms with Crippen molar-refractivity contribution in [3.63, 3.8) is 0 Å². The van der Waals surface area contributed by atoms with Crippen molar-refractivity contribution in [3.05, 3.63) is 65.5 Å². The monoisotopic (exact) mass is 477 g/mol. The fraction of sp³-hybridized carbons (Fsp3) is 0.292. The number of aliphatic carboxylic acids is 1. The molecule has 1 aliphatic carbocycles. The minimum absolute atomic E-state index is 0.0114. The van der Waals surface area contributed by atoms with Gasteiger partial charge in [-0.05, 0) is 22.3 Å². The number of anilines is 1. The van der Waals surface area contributed by atoms with Crippen molar-refractivity contribution < 1.29 is 29.0 Å². The smallest absolute Gasteiger partial charge is 0.414 e. The molecule has 1 saturated heterocycles. The lowest BCUT2D eigenvalue weighted by Crippen LogP contribution is -2.31. The predicted octanol–water partition coefficient (Wildman–Crippen LogP) is 2.34. The zero-order valence-corrected chi connectivity index (χ0v) is 18.8. The van der Waals surface area contributed by atoms with Crippen LogP contribution in [0.2, 0.25) is 0 Å². The normalized spacial score (nSPS) is 18.7. The SMILES string of the molecule is COC1CN(C(=O)c2nc(NC(=O)OCC3c4ccccc4-c4ccccc43)n[nH]2)CC1C(=O)O. The number of carboxylic acids is 1. The number of hydrogen-bond donors (Lipinski definition) is 3. The summed E-state index contributed by atoms with van der Waals surface area (Å²) in [6.45, 7) is 0.226. The number of nitrogens with one attached hydrogen (secondary N) is 2. The number of aromatic amines is 1. The van der Waals surface area contributed by atoms with Crippen LogP contribution in [0.5, 0.6) is 0 Å². The summed E-state index contributed by atoms with van der Waals surface area (Å²) in [6.07, 6.45) is -1.37. The Hall–Kier alpha value is -4.25. The largest absolute Gasteiger partial charge is 0.481 e. The van der Waals surface area contributed by atoms with E-state index < -0.39 is 30.0 Å². The van der Waals surface area contributed by atoms with Gasteiger partial charge in [0.05, 0.1) is 6.10 Å². The molecule has 1 fully saturated rings. The summed E-state index contributed by atoms with van der Waals surface area (Å²) < 4.78 is 10.6. The quantitative estimate of drug-likeness (QED) is 0.490. The van der Waals surface area contributed by atoms with Crippen LogP contribution in [0.4, 0.5) is 10.7 Å². The average Bonchev–Trinajstić information content (AvgIpc) is 3.58. The molecule has 2 unspecified atom stereocenters. The number of amides is 2. The molecule has 0 bridgehead atoms. The fourth-order valence-corrected chi connectivity index (χ4v) is 4.70. The van der Waals surface area contributed by atoms with Gasteiger partial charge in [0.15, 0.2) is 0 Å². The van der Waals surface area contributed by atoms with E-state index in [4.69, 9.17) is 9.47 Å². The Balaban J connectivity index is 1.21. The molecule has 2 aromatic carbocycles. The Morgan fingerprint density at radius 1 is 1.09 bits per heavy atom. The lowest BCUT2D eigenvalue weighted by atomic mass is 9.98. The molecule has 11 nitrogen and oxygen atoms in total. The molecular weight excluding hydrogens is 454 g/mol. The highest BCUT2D eigenvalue weighted by Crippen LogP contribution is 2.44. The molecule has 0 radical (unpaired) electrons. The molecule has 2 atom stereocenters. The molecule has 0 saturated carbocycles. The van der Waals surface area contributed by atoms with Gasteiger partial charge in [-0.2, -0.15) is 4.98 Å². The van der Waals surface area contributed by atoms with Gasteiger partial charge >= 0.3 is 12.1 Å². The number of aromatic nitrogens is 3. The number of methoxy groups -OCH3 is 1. The number of H-pyrrole nitrogens is 1. The fourth-order valence-electron chi connectivity index (χ4n) is 4.70. The van der Waals surface area contributed by atoms with E-state index in [-0.39, 0.29) is 37.4 Å². The minimum Gasteiger partial charge on any atom is -0.481 e. The zero-order valence-electron chi connectivity index (χ0n) is 18.8. The summed E-state index contributed by atoms with van der Waals surface area (Å²) in [4.78, 5) is 41.8. The topological polar surface area (TPSA) is 147 Å². The van der Waals surface area contributed by atoms with E-state index in [1.807, 2.05) is 48.5 Å². The number of carbonyl (C=O) groups excluding carboxylic acids is 2. The Bertz CT molecular complexity index is 1250. The number of nitrogens with zero attached hydrogens (tertiary/aromatic N) is 3. The molecule has 2 heterocycles. The van der Waals surface area contributed by atoms with Gasteiger partial charge in [-0.15, -0.1) is 5.10 Å². The number of rotatable bonds is 6. The molecule has 35 heavy (non-hydrogen) atoms. The van der Waals surface area contributed by atoms with Gasteiger partial charge < -0.3 is 19.5 Å². The van der Waals surface area contributed by atoms with Crippen LogP contribution in [0.3, 0.4) is 0 Å². The zero-order chi connectivity index (χ0) is 24.5. The van der Waals surface area contributed by atoms with Crippen LogP contribution in [0.1, 0.15) is 27.7 Å². The van der Waals surface area contributed by atoms with Crippen molar-refractivity contribution in [2.45, 2.75) is 12.0 Å². The highest BCUT2D eigenvalue weighted by atomic mass is 16.5.